The molecule has 0 saturated heterocycles. The molecule has 0 spiro atoms. The third-order valence-corrected chi connectivity index (χ3v) is 4.33. The summed E-state index contributed by atoms with van der Waals surface area (Å²) >= 11 is 1.67. The van der Waals surface area contributed by atoms with Crippen molar-refractivity contribution in [3.63, 3.8) is 0 Å². The Hall–Kier alpha value is -1.46. The van der Waals surface area contributed by atoms with Crippen LogP contribution in [0.1, 0.15) is 38.6 Å². The van der Waals surface area contributed by atoms with Gasteiger partial charge in [0.25, 0.3) is 0 Å². The minimum absolute atomic E-state index is 0.106. The van der Waals surface area contributed by atoms with Gasteiger partial charge in [0, 0.05) is 24.9 Å². The maximum atomic E-state index is 11.8. The average Bonchev–Trinajstić information content (AvgIpc) is 2.86. The molecule has 0 atom stereocenters. The third-order valence-electron chi connectivity index (χ3n) is 3.24. The fraction of sp³-hybridized carbons (Fsp3) is 0.529. The highest BCUT2D eigenvalue weighted by molar-refractivity contribution is 7.18. The summed E-state index contributed by atoms with van der Waals surface area (Å²) in [6, 6.07) is 8.09. The van der Waals surface area contributed by atoms with Crippen LogP contribution in [0.15, 0.2) is 24.3 Å². The van der Waals surface area contributed by atoms with Crippen LogP contribution in [0.3, 0.4) is 0 Å². The lowest BCUT2D eigenvalue weighted by Crippen LogP contribution is -2.37. The molecule has 22 heavy (non-hydrogen) atoms. The summed E-state index contributed by atoms with van der Waals surface area (Å²) in [6.45, 7) is 8.07. The van der Waals surface area contributed by atoms with Crippen molar-refractivity contribution < 1.29 is 4.79 Å². The number of nitrogens with zero attached hydrogens (tertiary/aromatic N) is 1. The van der Waals surface area contributed by atoms with Crippen LogP contribution in [0.2, 0.25) is 0 Å². The first-order valence-corrected chi connectivity index (χ1v) is 8.62. The molecular formula is C17H25N3OS. The number of carbonyl (C=O) groups excluding carboxylic acids is 1. The second-order valence-electron chi connectivity index (χ2n) is 6.46. The number of hydrogen-bond acceptors (Lipinski definition) is 4. The SMILES string of the molecule is CC(C)(C)NCCCNC(=O)CCc1nc2ccccc2s1. The van der Waals surface area contributed by atoms with Crippen molar-refractivity contribution in [2.45, 2.75) is 45.6 Å². The van der Waals surface area contributed by atoms with Crippen LogP contribution < -0.4 is 10.6 Å². The molecule has 0 aliphatic rings. The molecule has 120 valence electrons. The van der Waals surface area contributed by atoms with Gasteiger partial charge in [-0.2, -0.15) is 0 Å². The first kappa shape index (κ1) is 16.9. The lowest BCUT2D eigenvalue weighted by molar-refractivity contribution is -0.121. The predicted octanol–water partition coefficient (Wildman–Crippen LogP) is 3.12. The number of amides is 1. The fourth-order valence-electron chi connectivity index (χ4n) is 2.12. The summed E-state index contributed by atoms with van der Waals surface area (Å²) < 4.78 is 1.19. The molecule has 1 heterocycles. The first-order valence-electron chi connectivity index (χ1n) is 7.80. The van der Waals surface area contributed by atoms with Crippen molar-refractivity contribution in [2.75, 3.05) is 13.1 Å². The molecule has 1 amide bonds. The fourth-order valence-corrected chi connectivity index (χ4v) is 3.08. The van der Waals surface area contributed by atoms with Crippen LogP contribution in [-0.4, -0.2) is 29.5 Å². The Morgan fingerprint density at radius 2 is 2.00 bits per heavy atom. The van der Waals surface area contributed by atoms with Crippen LogP contribution in [0, 0.1) is 0 Å². The van der Waals surface area contributed by atoms with Gasteiger partial charge in [-0.1, -0.05) is 12.1 Å². The van der Waals surface area contributed by atoms with E-state index in [2.05, 4.69) is 42.5 Å². The molecule has 2 rings (SSSR count). The van der Waals surface area contributed by atoms with Crippen LogP contribution in [0.25, 0.3) is 10.2 Å². The van der Waals surface area contributed by atoms with Crippen molar-refractivity contribution >= 4 is 27.5 Å². The number of para-hydroxylation sites is 1. The minimum atomic E-state index is 0.106. The average molecular weight is 319 g/mol. The van der Waals surface area contributed by atoms with E-state index in [1.807, 2.05) is 18.2 Å². The molecule has 1 aromatic heterocycles. The highest BCUT2D eigenvalue weighted by atomic mass is 32.1. The van der Waals surface area contributed by atoms with E-state index in [4.69, 9.17) is 0 Å². The van der Waals surface area contributed by atoms with Crippen molar-refractivity contribution in [1.82, 2.24) is 15.6 Å². The highest BCUT2D eigenvalue weighted by Crippen LogP contribution is 2.22. The van der Waals surface area contributed by atoms with Gasteiger partial charge < -0.3 is 10.6 Å². The van der Waals surface area contributed by atoms with Crippen LogP contribution in [-0.2, 0) is 11.2 Å². The van der Waals surface area contributed by atoms with Gasteiger partial charge in [0.15, 0.2) is 0 Å². The number of benzene rings is 1. The normalized spacial score (nSPS) is 11.8. The Kier molecular flexibility index (Phi) is 5.91. The van der Waals surface area contributed by atoms with E-state index < -0.39 is 0 Å². The number of fused-ring (bicyclic) bond motifs is 1. The summed E-state index contributed by atoms with van der Waals surface area (Å²) in [5, 5.41) is 7.41. The molecule has 0 aliphatic carbocycles. The van der Waals surface area contributed by atoms with Crippen LogP contribution in [0.4, 0.5) is 0 Å². The number of rotatable bonds is 7. The molecule has 0 saturated carbocycles. The lowest BCUT2D eigenvalue weighted by atomic mass is 10.1. The molecule has 0 unspecified atom stereocenters. The summed E-state index contributed by atoms with van der Waals surface area (Å²) in [5.74, 6) is 0.106. The highest BCUT2D eigenvalue weighted by Gasteiger charge is 2.08. The summed E-state index contributed by atoms with van der Waals surface area (Å²) in [6.07, 6.45) is 2.17. The Bertz CT molecular complexity index is 583. The van der Waals surface area contributed by atoms with Gasteiger partial charge in [-0.25, -0.2) is 4.98 Å². The zero-order valence-corrected chi connectivity index (χ0v) is 14.4. The van der Waals surface area contributed by atoms with Gasteiger partial charge in [-0.05, 0) is 45.9 Å². The van der Waals surface area contributed by atoms with E-state index in [1.165, 1.54) is 4.70 Å². The van der Waals surface area contributed by atoms with Gasteiger partial charge in [-0.3, -0.25) is 4.79 Å². The monoisotopic (exact) mass is 319 g/mol. The predicted molar refractivity (Wildman–Crippen MR) is 93.3 cm³/mol. The number of thiazole rings is 1. The van der Waals surface area contributed by atoms with Crippen LogP contribution in [0.5, 0.6) is 0 Å². The Labute approximate surface area is 136 Å². The smallest absolute Gasteiger partial charge is 0.220 e. The second-order valence-corrected chi connectivity index (χ2v) is 7.57. The summed E-state index contributed by atoms with van der Waals surface area (Å²) in [7, 11) is 0. The van der Waals surface area contributed by atoms with E-state index in [0.717, 1.165) is 30.0 Å². The van der Waals surface area contributed by atoms with Gasteiger partial charge in [0.05, 0.1) is 15.2 Å². The maximum absolute atomic E-state index is 11.8. The molecule has 4 nitrogen and oxygen atoms in total. The molecule has 0 bridgehead atoms. The lowest BCUT2D eigenvalue weighted by Gasteiger charge is -2.20. The van der Waals surface area contributed by atoms with E-state index in [1.54, 1.807) is 11.3 Å². The zero-order chi connectivity index (χ0) is 16.0. The van der Waals surface area contributed by atoms with E-state index in [0.29, 0.717) is 12.8 Å². The largest absolute Gasteiger partial charge is 0.356 e. The van der Waals surface area contributed by atoms with Gasteiger partial charge in [0.1, 0.15) is 0 Å². The molecule has 2 N–H and O–H groups in total. The summed E-state index contributed by atoms with van der Waals surface area (Å²) in [4.78, 5) is 16.4. The van der Waals surface area contributed by atoms with E-state index in [-0.39, 0.29) is 11.4 Å². The second kappa shape index (κ2) is 7.70. The quantitative estimate of drug-likeness (QED) is 0.771. The number of aryl methyl sites for hydroxylation is 1. The van der Waals surface area contributed by atoms with Crippen LogP contribution >= 0.6 is 11.3 Å². The van der Waals surface area contributed by atoms with E-state index in [9.17, 15) is 4.79 Å². The van der Waals surface area contributed by atoms with E-state index >= 15 is 0 Å². The molecule has 1 aromatic carbocycles. The van der Waals surface area contributed by atoms with Crippen molar-refractivity contribution in [3.8, 4) is 0 Å². The Balaban J connectivity index is 1.65. The Morgan fingerprint density at radius 1 is 1.23 bits per heavy atom. The van der Waals surface area contributed by atoms with Crippen molar-refractivity contribution in [1.29, 1.82) is 0 Å². The summed E-state index contributed by atoms with van der Waals surface area (Å²) in [5.41, 5.74) is 1.16. The topological polar surface area (TPSA) is 54.0 Å². The first-order chi connectivity index (χ1) is 10.4. The molecule has 0 radical (unpaired) electrons. The number of nitrogens with one attached hydrogen (secondary N) is 2. The van der Waals surface area contributed by atoms with Gasteiger partial charge in [-0.15, -0.1) is 11.3 Å². The molecule has 2 aromatic rings. The van der Waals surface area contributed by atoms with Gasteiger partial charge in [0.2, 0.25) is 5.91 Å². The molecule has 0 fully saturated rings. The molecule has 5 heteroatoms. The maximum Gasteiger partial charge on any atom is 0.220 e. The zero-order valence-electron chi connectivity index (χ0n) is 13.6. The van der Waals surface area contributed by atoms with Crippen molar-refractivity contribution in [3.05, 3.63) is 29.3 Å². The number of aromatic nitrogens is 1. The number of hydrogen-bond donors (Lipinski definition) is 2. The van der Waals surface area contributed by atoms with Crippen molar-refractivity contribution in [2.24, 2.45) is 0 Å². The number of carbonyl (C=O) groups is 1. The Morgan fingerprint density at radius 3 is 2.73 bits per heavy atom. The third kappa shape index (κ3) is 5.73. The molecule has 0 aliphatic heterocycles. The standard InChI is InChI=1S/C17H25N3OS/c1-17(2,3)19-12-6-11-18-15(21)9-10-16-20-13-7-4-5-8-14(13)22-16/h4-5,7-8,19H,6,9-12H2,1-3H3,(H,18,21). The molecular weight excluding hydrogens is 294 g/mol. The minimum Gasteiger partial charge on any atom is -0.356 e. The van der Waals surface area contributed by atoms with Gasteiger partial charge >= 0.3 is 0 Å².